The summed E-state index contributed by atoms with van der Waals surface area (Å²) in [6.07, 6.45) is 1.01. The van der Waals surface area contributed by atoms with E-state index < -0.39 is 0 Å². The molecule has 0 amide bonds. The number of para-hydroxylation sites is 3. The summed E-state index contributed by atoms with van der Waals surface area (Å²) in [5, 5.41) is 3.35. The third-order valence-electron chi connectivity index (χ3n) is 5.99. The van der Waals surface area contributed by atoms with Crippen LogP contribution in [0.5, 0.6) is 11.5 Å². The molecule has 2 heterocycles. The molecule has 170 valence electrons. The number of hydrogen-bond acceptors (Lipinski definition) is 6. The third kappa shape index (κ3) is 5.65. The van der Waals surface area contributed by atoms with E-state index in [0.717, 1.165) is 67.9 Å². The zero-order chi connectivity index (χ0) is 22.3. The van der Waals surface area contributed by atoms with Gasteiger partial charge in [0.1, 0.15) is 29.6 Å². The van der Waals surface area contributed by atoms with Crippen LogP contribution < -0.4 is 19.7 Å². The summed E-state index contributed by atoms with van der Waals surface area (Å²) in [4.78, 5) is 9.64. The molecule has 0 aliphatic carbocycles. The Kier molecular flexibility index (Phi) is 6.73. The molecule has 0 radical (unpaired) electrons. The van der Waals surface area contributed by atoms with Gasteiger partial charge in [-0.1, -0.05) is 36.4 Å². The number of rotatable bonds is 7. The molecule has 0 bridgehead atoms. The Bertz CT molecular complexity index is 1080. The Labute approximate surface area is 195 Å². The average molecular weight is 443 g/mol. The van der Waals surface area contributed by atoms with Crippen LogP contribution in [0.4, 0.5) is 17.1 Å². The lowest BCUT2D eigenvalue weighted by atomic mass is 10.2. The molecule has 0 spiro atoms. The molecule has 6 nitrogen and oxygen atoms in total. The highest BCUT2D eigenvalue weighted by Crippen LogP contribution is 2.30. The highest BCUT2D eigenvalue weighted by atomic mass is 16.5. The summed E-state index contributed by atoms with van der Waals surface area (Å²) in [6, 6.07) is 26.5. The van der Waals surface area contributed by atoms with E-state index in [-0.39, 0.29) is 0 Å². The molecule has 1 N–H and O–H groups in total. The number of ether oxygens (including phenoxy) is 2. The van der Waals surface area contributed by atoms with Crippen molar-refractivity contribution >= 4 is 22.9 Å². The summed E-state index contributed by atoms with van der Waals surface area (Å²) in [6.45, 7) is 6.56. The number of piperazine rings is 1. The highest BCUT2D eigenvalue weighted by molar-refractivity contribution is 5.99. The first-order valence-electron chi connectivity index (χ1n) is 11.7. The molecule has 6 heteroatoms. The maximum Gasteiger partial charge on any atom is 0.146 e. The van der Waals surface area contributed by atoms with Gasteiger partial charge in [-0.2, -0.15) is 0 Å². The van der Waals surface area contributed by atoms with Gasteiger partial charge in [0.2, 0.25) is 0 Å². The molecule has 1 saturated heterocycles. The number of hydrogen-bond donors (Lipinski definition) is 1. The van der Waals surface area contributed by atoms with Crippen LogP contribution >= 0.6 is 0 Å². The number of amidine groups is 1. The van der Waals surface area contributed by atoms with Crippen LogP contribution in [-0.4, -0.2) is 56.7 Å². The van der Waals surface area contributed by atoms with Crippen molar-refractivity contribution in [3.63, 3.8) is 0 Å². The third-order valence-corrected chi connectivity index (χ3v) is 5.99. The minimum absolute atomic E-state index is 0.430. The lowest BCUT2D eigenvalue weighted by Crippen LogP contribution is -2.46. The largest absolute Gasteiger partial charge is 0.493 e. The van der Waals surface area contributed by atoms with Gasteiger partial charge in [0.15, 0.2) is 0 Å². The van der Waals surface area contributed by atoms with E-state index in [1.54, 1.807) is 0 Å². The number of aliphatic imine (C=N–C) groups is 1. The van der Waals surface area contributed by atoms with Crippen molar-refractivity contribution in [2.75, 3.05) is 56.2 Å². The van der Waals surface area contributed by atoms with E-state index in [1.165, 1.54) is 5.69 Å². The fourth-order valence-corrected chi connectivity index (χ4v) is 4.24. The zero-order valence-electron chi connectivity index (χ0n) is 18.8. The number of nitrogens with zero attached hydrogens (tertiary/aromatic N) is 3. The van der Waals surface area contributed by atoms with Gasteiger partial charge in [-0.3, -0.25) is 4.90 Å². The molecule has 1 fully saturated rings. The highest BCUT2D eigenvalue weighted by Gasteiger charge is 2.16. The van der Waals surface area contributed by atoms with Crippen molar-refractivity contribution in [2.24, 2.45) is 4.99 Å². The maximum atomic E-state index is 6.03. The molecule has 0 saturated carbocycles. The molecule has 33 heavy (non-hydrogen) atoms. The SMILES string of the molecule is c1ccc(N2CCN(CCCOc3cccc(NC4=Nc5ccccc5OC4)c3)CC2)cc1. The van der Waals surface area contributed by atoms with Crippen LogP contribution in [0.1, 0.15) is 6.42 Å². The lowest BCUT2D eigenvalue weighted by Gasteiger charge is -2.36. The summed E-state index contributed by atoms with van der Waals surface area (Å²) >= 11 is 0. The van der Waals surface area contributed by atoms with E-state index >= 15 is 0 Å². The molecule has 2 aliphatic heterocycles. The molecule has 0 atom stereocenters. The fourth-order valence-electron chi connectivity index (χ4n) is 4.24. The average Bonchev–Trinajstić information content (AvgIpc) is 2.88. The van der Waals surface area contributed by atoms with Crippen LogP contribution in [0.2, 0.25) is 0 Å². The number of anilines is 2. The second kappa shape index (κ2) is 10.4. The molecular weight excluding hydrogens is 412 g/mol. The van der Waals surface area contributed by atoms with Gasteiger partial charge in [-0.25, -0.2) is 4.99 Å². The second-order valence-electron chi connectivity index (χ2n) is 8.33. The Morgan fingerprint density at radius 1 is 0.879 bits per heavy atom. The molecule has 5 rings (SSSR count). The summed E-state index contributed by atoms with van der Waals surface area (Å²) in [7, 11) is 0. The van der Waals surface area contributed by atoms with Gasteiger partial charge in [0.25, 0.3) is 0 Å². The quantitative estimate of drug-likeness (QED) is 0.532. The first kappa shape index (κ1) is 21.3. The first-order valence-corrected chi connectivity index (χ1v) is 11.7. The molecule has 0 unspecified atom stereocenters. The van der Waals surface area contributed by atoms with Crippen molar-refractivity contribution in [1.82, 2.24) is 4.90 Å². The predicted molar refractivity (Wildman–Crippen MR) is 134 cm³/mol. The van der Waals surface area contributed by atoms with Crippen molar-refractivity contribution in [3.8, 4) is 11.5 Å². The smallest absolute Gasteiger partial charge is 0.146 e. The van der Waals surface area contributed by atoms with Gasteiger partial charge >= 0.3 is 0 Å². The van der Waals surface area contributed by atoms with Gasteiger partial charge in [-0.05, 0) is 42.8 Å². The number of fused-ring (bicyclic) bond motifs is 1. The minimum Gasteiger partial charge on any atom is -0.493 e. The topological polar surface area (TPSA) is 49.3 Å². The molecule has 0 aromatic heterocycles. The predicted octanol–water partition coefficient (Wildman–Crippen LogP) is 4.81. The monoisotopic (exact) mass is 442 g/mol. The Morgan fingerprint density at radius 2 is 1.70 bits per heavy atom. The van der Waals surface area contributed by atoms with E-state index in [0.29, 0.717) is 13.2 Å². The van der Waals surface area contributed by atoms with Crippen molar-refractivity contribution in [1.29, 1.82) is 0 Å². The van der Waals surface area contributed by atoms with Crippen LogP contribution in [-0.2, 0) is 0 Å². The Morgan fingerprint density at radius 3 is 2.58 bits per heavy atom. The minimum atomic E-state index is 0.430. The first-order chi connectivity index (χ1) is 16.3. The Balaban J connectivity index is 1.05. The fraction of sp³-hybridized carbons (Fsp3) is 0.296. The van der Waals surface area contributed by atoms with Gasteiger partial charge in [0, 0.05) is 50.2 Å². The van der Waals surface area contributed by atoms with Crippen LogP contribution in [0.25, 0.3) is 0 Å². The molecular formula is C27H30N4O2. The second-order valence-corrected chi connectivity index (χ2v) is 8.33. The van der Waals surface area contributed by atoms with Crippen LogP contribution in [0, 0.1) is 0 Å². The van der Waals surface area contributed by atoms with Crippen LogP contribution in [0.3, 0.4) is 0 Å². The maximum absolute atomic E-state index is 6.03. The van der Waals surface area contributed by atoms with E-state index in [2.05, 4.69) is 50.4 Å². The van der Waals surface area contributed by atoms with Crippen LogP contribution in [0.15, 0.2) is 83.9 Å². The molecule has 3 aromatic rings. The normalized spacial score (nSPS) is 15.9. The zero-order valence-corrected chi connectivity index (χ0v) is 18.8. The Hall–Kier alpha value is -3.51. The van der Waals surface area contributed by atoms with Gasteiger partial charge in [0.05, 0.1) is 6.61 Å². The molecule has 2 aliphatic rings. The summed E-state index contributed by atoms with van der Waals surface area (Å²) < 4.78 is 11.8. The van der Waals surface area contributed by atoms with E-state index in [9.17, 15) is 0 Å². The van der Waals surface area contributed by atoms with Gasteiger partial charge in [-0.15, -0.1) is 0 Å². The molecule has 3 aromatic carbocycles. The summed E-state index contributed by atoms with van der Waals surface area (Å²) in [5.74, 6) is 2.48. The number of benzene rings is 3. The van der Waals surface area contributed by atoms with E-state index in [4.69, 9.17) is 9.47 Å². The lowest BCUT2D eigenvalue weighted by molar-refractivity contribution is 0.225. The van der Waals surface area contributed by atoms with Crippen molar-refractivity contribution < 1.29 is 9.47 Å². The number of nitrogens with one attached hydrogen (secondary N) is 1. The summed E-state index contributed by atoms with van der Waals surface area (Å²) in [5.41, 5.74) is 3.12. The standard InChI is InChI=1S/C27H30N4O2/c1-2-9-23(10-3-1)31-17-15-30(16-18-31)14-7-19-32-24-11-6-8-22(20-24)28-27-21-33-26-13-5-4-12-25(26)29-27/h1-6,8-13,20H,7,14-19,21H2,(H,28,29). The van der Waals surface area contributed by atoms with Crippen molar-refractivity contribution in [2.45, 2.75) is 6.42 Å². The van der Waals surface area contributed by atoms with E-state index in [1.807, 2.05) is 48.5 Å². The van der Waals surface area contributed by atoms with Gasteiger partial charge < -0.3 is 19.7 Å². The van der Waals surface area contributed by atoms with Crippen molar-refractivity contribution in [3.05, 3.63) is 78.9 Å².